The maximum Gasteiger partial charge on any atom is 0.192 e. The fourth-order valence-electron chi connectivity index (χ4n) is 2.46. The molecule has 7 nitrogen and oxygen atoms in total. The van der Waals surface area contributed by atoms with Gasteiger partial charge in [0.2, 0.25) is 0 Å². The van der Waals surface area contributed by atoms with Gasteiger partial charge in [-0.1, -0.05) is 0 Å². The summed E-state index contributed by atoms with van der Waals surface area (Å²) >= 11 is 1.86. The molecular weight excluding hydrogens is 324 g/mol. The summed E-state index contributed by atoms with van der Waals surface area (Å²) < 4.78 is 7.33. The average molecular weight is 355 g/mol. The van der Waals surface area contributed by atoms with E-state index in [9.17, 15) is 0 Å². The lowest BCUT2D eigenvalue weighted by Crippen LogP contribution is -2.46. The summed E-state index contributed by atoms with van der Waals surface area (Å²) in [7, 11) is 3.72. The van der Waals surface area contributed by atoms with Crippen molar-refractivity contribution in [3.63, 3.8) is 0 Å². The van der Waals surface area contributed by atoms with Gasteiger partial charge in [0.15, 0.2) is 11.8 Å². The summed E-state index contributed by atoms with van der Waals surface area (Å²) in [6, 6.07) is 0.322. The highest BCUT2D eigenvalue weighted by Gasteiger charge is 2.31. The molecule has 1 atom stereocenters. The van der Waals surface area contributed by atoms with E-state index in [2.05, 4.69) is 27.1 Å². The van der Waals surface area contributed by atoms with Crippen molar-refractivity contribution in [3.05, 3.63) is 11.6 Å². The average Bonchev–Trinajstić information content (AvgIpc) is 3.37. The summed E-state index contributed by atoms with van der Waals surface area (Å²) in [5.74, 6) is 4.45. The zero-order chi connectivity index (χ0) is 17.4. The fourth-order valence-corrected chi connectivity index (χ4v) is 2.90. The van der Waals surface area contributed by atoms with E-state index in [1.54, 1.807) is 7.11 Å². The summed E-state index contributed by atoms with van der Waals surface area (Å²) in [6.07, 6.45) is 5.78. The van der Waals surface area contributed by atoms with Crippen LogP contribution in [0.15, 0.2) is 4.99 Å². The zero-order valence-corrected chi connectivity index (χ0v) is 16.0. The number of aliphatic imine (C=N–C) groups is 1. The third-order valence-corrected chi connectivity index (χ3v) is 4.94. The summed E-state index contributed by atoms with van der Waals surface area (Å²) in [5.41, 5.74) is 0. The van der Waals surface area contributed by atoms with Gasteiger partial charge < -0.3 is 19.9 Å². The van der Waals surface area contributed by atoms with E-state index in [4.69, 9.17) is 9.73 Å². The first kappa shape index (κ1) is 19.1. The first-order valence-electron chi connectivity index (χ1n) is 8.53. The van der Waals surface area contributed by atoms with Crippen LogP contribution in [0.5, 0.6) is 0 Å². The Morgan fingerprint density at radius 3 is 2.83 bits per heavy atom. The molecule has 0 aliphatic heterocycles. The highest BCUT2D eigenvalue weighted by atomic mass is 32.2. The van der Waals surface area contributed by atoms with E-state index >= 15 is 0 Å². The SMILES string of the molecule is COCC(NC(=NCc1nnc(C)n1C)NCCCSC)C1CC1. The van der Waals surface area contributed by atoms with Crippen molar-refractivity contribution in [1.82, 2.24) is 25.4 Å². The van der Waals surface area contributed by atoms with Crippen LogP contribution in [-0.2, 0) is 18.3 Å². The smallest absolute Gasteiger partial charge is 0.192 e. The molecule has 1 fully saturated rings. The summed E-state index contributed by atoms with van der Waals surface area (Å²) in [5, 5.41) is 15.2. The lowest BCUT2D eigenvalue weighted by Gasteiger charge is -2.21. The van der Waals surface area contributed by atoms with Crippen molar-refractivity contribution in [3.8, 4) is 0 Å². The maximum absolute atomic E-state index is 5.36. The van der Waals surface area contributed by atoms with Gasteiger partial charge >= 0.3 is 0 Å². The lowest BCUT2D eigenvalue weighted by molar-refractivity contribution is 0.165. The number of aromatic nitrogens is 3. The van der Waals surface area contributed by atoms with Crippen LogP contribution in [0.3, 0.4) is 0 Å². The number of ether oxygens (including phenoxy) is 1. The molecule has 1 saturated carbocycles. The minimum absolute atomic E-state index is 0.322. The van der Waals surface area contributed by atoms with Gasteiger partial charge in [-0.2, -0.15) is 11.8 Å². The lowest BCUT2D eigenvalue weighted by atomic mass is 10.2. The van der Waals surface area contributed by atoms with Crippen LogP contribution < -0.4 is 10.6 Å². The fraction of sp³-hybridized carbons (Fsp3) is 0.812. The molecule has 1 unspecified atom stereocenters. The number of rotatable bonds is 10. The van der Waals surface area contributed by atoms with E-state index < -0.39 is 0 Å². The topological polar surface area (TPSA) is 76.4 Å². The van der Waals surface area contributed by atoms with E-state index in [0.717, 1.165) is 36.3 Å². The Bertz CT molecular complexity index is 529. The molecule has 0 aromatic carbocycles. The van der Waals surface area contributed by atoms with Gasteiger partial charge in [-0.3, -0.25) is 0 Å². The van der Waals surface area contributed by atoms with Crippen LogP contribution in [0.2, 0.25) is 0 Å². The summed E-state index contributed by atoms with van der Waals surface area (Å²) in [4.78, 5) is 4.71. The van der Waals surface area contributed by atoms with Gasteiger partial charge in [0, 0.05) is 20.7 Å². The number of hydrogen-bond donors (Lipinski definition) is 2. The second-order valence-corrected chi connectivity index (χ2v) is 7.19. The molecule has 1 aliphatic carbocycles. The number of methoxy groups -OCH3 is 1. The third kappa shape index (κ3) is 5.98. The molecule has 2 N–H and O–H groups in total. The van der Waals surface area contributed by atoms with Crippen molar-refractivity contribution in [2.24, 2.45) is 18.0 Å². The number of nitrogens with one attached hydrogen (secondary N) is 2. The Balaban J connectivity index is 1.97. The van der Waals surface area contributed by atoms with E-state index in [-0.39, 0.29) is 0 Å². The second-order valence-electron chi connectivity index (χ2n) is 6.20. The standard InChI is InChI=1S/C16H30N6OS/c1-12-20-21-15(22(12)2)10-18-16(17-8-5-9-24-4)19-14(11-23-3)13-6-7-13/h13-14H,5-11H2,1-4H3,(H2,17,18,19). The van der Waals surface area contributed by atoms with Crippen molar-refractivity contribution < 1.29 is 4.74 Å². The predicted octanol–water partition coefficient (Wildman–Crippen LogP) is 1.34. The van der Waals surface area contributed by atoms with E-state index in [1.807, 2.05) is 30.3 Å². The van der Waals surface area contributed by atoms with Crippen LogP contribution in [0, 0.1) is 12.8 Å². The van der Waals surface area contributed by atoms with E-state index in [1.165, 1.54) is 12.8 Å². The van der Waals surface area contributed by atoms with Gasteiger partial charge in [-0.15, -0.1) is 10.2 Å². The molecule has 8 heteroatoms. The number of hydrogen-bond acceptors (Lipinski definition) is 5. The molecule has 0 amide bonds. The van der Waals surface area contributed by atoms with Crippen LogP contribution in [0.4, 0.5) is 0 Å². The van der Waals surface area contributed by atoms with Gasteiger partial charge in [0.05, 0.1) is 12.6 Å². The second kappa shape index (κ2) is 9.88. The molecule has 2 rings (SSSR count). The molecule has 24 heavy (non-hydrogen) atoms. The van der Waals surface area contributed by atoms with Crippen molar-refractivity contribution in [1.29, 1.82) is 0 Å². The molecule has 136 valence electrons. The Morgan fingerprint density at radius 2 is 2.25 bits per heavy atom. The Labute approximate surface area is 149 Å². The molecule has 0 bridgehead atoms. The van der Waals surface area contributed by atoms with Gasteiger partial charge in [0.1, 0.15) is 12.4 Å². The largest absolute Gasteiger partial charge is 0.383 e. The molecule has 0 saturated heterocycles. The maximum atomic E-state index is 5.36. The Kier molecular flexibility index (Phi) is 7.84. The van der Waals surface area contributed by atoms with Gasteiger partial charge in [-0.05, 0) is 44.1 Å². The first-order valence-corrected chi connectivity index (χ1v) is 9.92. The number of nitrogens with zero attached hydrogens (tertiary/aromatic N) is 4. The van der Waals surface area contributed by atoms with E-state index in [0.29, 0.717) is 25.1 Å². The van der Waals surface area contributed by atoms with Crippen molar-refractivity contribution in [2.45, 2.75) is 38.8 Å². The normalized spacial score (nSPS) is 16.2. The molecule has 0 spiro atoms. The van der Waals surface area contributed by atoms with Crippen molar-refractivity contribution in [2.75, 3.05) is 32.3 Å². The summed E-state index contributed by atoms with van der Waals surface area (Å²) in [6.45, 7) is 4.08. The van der Waals surface area contributed by atoms with Gasteiger partial charge in [-0.25, -0.2) is 4.99 Å². The third-order valence-electron chi connectivity index (χ3n) is 4.24. The van der Waals surface area contributed by atoms with Crippen LogP contribution in [-0.4, -0.2) is 59.0 Å². The number of aryl methyl sites for hydroxylation is 1. The monoisotopic (exact) mass is 354 g/mol. The zero-order valence-electron chi connectivity index (χ0n) is 15.2. The molecule has 1 aromatic heterocycles. The molecule has 1 heterocycles. The number of thioether (sulfide) groups is 1. The van der Waals surface area contributed by atoms with Crippen molar-refractivity contribution >= 4 is 17.7 Å². The molecule has 1 aromatic rings. The molecule has 1 aliphatic rings. The first-order chi connectivity index (χ1) is 11.7. The predicted molar refractivity (Wildman–Crippen MR) is 99.4 cm³/mol. The molecular formula is C16H30N6OS. The Morgan fingerprint density at radius 1 is 1.46 bits per heavy atom. The number of guanidine groups is 1. The quantitative estimate of drug-likeness (QED) is 0.375. The minimum atomic E-state index is 0.322. The highest BCUT2D eigenvalue weighted by Crippen LogP contribution is 2.32. The Hall–Kier alpha value is -1.28. The van der Waals surface area contributed by atoms with Gasteiger partial charge in [0.25, 0.3) is 0 Å². The van der Waals surface area contributed by atoms with Crippen LogP contribution >= 0.6 is 11.8 Å². The highest BCUT2D eigenvalue weighted by molar-refractivity contribution is 7.98. The van der Waals surface area contributed by atoms with Crippen LogP contribution in [0.25, 0.3) is 0 Å². The minimum Gasteiger partial charge on any atom is -0.383 e. The molecule has 0 radical (unpaired) electrons. The van der Waals surface area contributed by atoms with Crippen LogP contribution in [0.1, 0.15) is 30.9 Å².